The fourth-order valence-electron chi connectivity index (χ4n) is 3.75. The van der Waals surface area contributed by atoms with Crippen LogP contribution in [0.4, 0.5) is 0 Å². The molecule has 156 valence electrons. The number of aliphatic hydroxyl groups excluding tert-OH is 1. The monoisotopic (exact) mass is 416 g/mol. The highest BCUT2D eigenvalue weighted by Gasteiger charge is 2.21. The summed E-state index contributed by atoms with van der Waals surface area (Å²) in [7, 11) is 2.23. The summed E-state index contributed by atoms with van der Waals surface area (Å²) in [5.74, 6) is 0. The summed E-state index contributed by atoms with van der Waals surface area (Å²) in [5, 5.41) is 10.7. The van der Waals surface area contributed by atoms with E-state index in [1.807, 2.05) is 18.2 Å². The maximum atomic E-state index is 9.49. The molecule has 0 amide bonds. The third kappa shape index (κ3) is 11.3. The Bertz CT molecular complexity index is 509. The zero-order chi connectivity index (χ0) is 20.0. The lowest BCUT2D eigenvalue weighted by molar-refractivity contribution is -0.923. The fourth-order valence-corrected chi connectivity index (χ4v) is 4.07. The number of rotatable bonds is 16. The maximum absolute atomic E-state index is 9.49. The van der Waals surface area contributed by atoms with Gasteiger partial charge in [-0.3, -0.25) is 0 Å². The average molecular weight is 417 g/mol. The van der Waals surface area contributed by atoms with Crippen LogP contribution in [-0.2, 0) is 6.54 Å². The van der Waals surface area contributed by atoms with Crippen molar-refractivity contribution in [2.45, 2.75) is 84.1 Å². The summed E-state index contributed by atoms with van der Waals surface area (Å²) in [6.07, 6.45) is 15.0. The number of nitrogens with zero attached hydrogens (tertiary/aromatic N) is 1. The highest BCUT2D eigenvalue weighted by Crippen LogP contribution is 2.24. The first kappa shape index (κ1) is 24.8. The van der Waals surface area contributed by atoms with E-state index < -0.39 is 0 Å². The molecular formula is C23H40Cl2NO+. The van der Waals surface area contributed by atoms with E-state index in [0.29, 0.717) is 10.0 Å². The minimum atomic E-state index is 0.218. The highest BCUT2D eigenvalue weighted by molar-refractivity contribution is 6.42. The van der Waals surface area contributed by atoms with Crippen molar-refractivity contribution in [3.8, 4) is 0 Å². The van der Waals surface area contributed by atoms with Crippen molar-refractivity contribution in [3.63, 3.8) is 0 Å². The van der Waals surface area contributed by atoms with Crippen molar-refractivity contribution in [1.82, 2.24) is 0 Å². The average Bonchev–Trinajstić information content (AvgIpc) is 2.63. The van der Waals surface area contributed by atoms with Gasteiger partial charge in [0.05, 0.1) is 30.2 Å². The van der Waals surface area contributed by atoms with Gasteiger partial charge < -0.3 is 9.59 Å². The molecule has 0 saturated heterocycles. The molecule has 0 saturated carbocycles. The van der Waals surface area contributed by atoms with Crippen LogP contribution >= 0.6 is 23.2 Å². The van der Waals surface area contributed by atoms with E-state index in [2.05, 4.69) is 14.0 Å². The van der Waals surface area contributed by atoms with E-state index in [1.54, 1.807) is 0 Å². The van der Waals surface area contributed by atoms with Crippen LogP contribution in [0.1, 0.15) is 83.1 Å². The van der Waals surface area contributed by atoms with Crippen LogP contribution in [0.5, 0.6) is 0 Å². The second kappa shape index (κ2) is 14.7. The lowest BCUT2D eigenvalue weighted by atomic mass is 10.1. The summed E-state index contributed by atoms with van der Waals surface area (Å²) in [4.78, 5) is 0. The zero-order valence-electron chi connectivity index (χ0n) is 17.5. The molecule has 1 aromatic carbocycles. The van der Waals surface area contributed by atoms with Crippen molar-refractivity contribution in [2.24, 2.45) is 0 Å². The minimum Gasteiger partial charge on any atom is -0.391 e. The van der Waals surface area contributed by atoms with Crippen LogP contribution < -0.4 is 0 Å². The molecule has 1 atom stereocenters. The predicted octanol–water partition coefficient (Wildman–Crippen LogP) is 7.24. The van der Waals surface area contributed by atoms with Gasteiger partial charge in [-0.2, -0.15) is 0 Å². The van der Waals surface area contributed by atoms with Crippen molar-refractivity contribution in [1.29, 1.82) is 0 Å². The molecule has 0 aliphatic carbocycles. The highest BCUT2D eigenvalue weighted by atomic mass is 35.5. The minimum absolute atomic E-state index is 0.218. The molecule has 0 aliphatic heterocycles. The fraction of sp³-hybridized carbons (Fsp3) is 0.739. The van der Waals surface area contributed by atoms with Crippen LogP contribution in [0.15, 0.2) is 18.2 Å². The van der Waals surface area contributed by atoms with Gasteiger partial charge in [0.15, 0.2) is 0 Å². The number of hydrogen-bond acceptors (Lipinski definition) is 1. The third-order valence-electron chi connectivity index (χ3n) is 5.49. The Hall–Kier alpha value is -0.280. The number of unbranched alkanes of at least 4 members (excludes halogenated alkanes) is 10. The number of halogens is 2. The largest absolute Gasteiger partial charge is 0.391 e. The van der Waals surface area contributed by atoms with Crippen LogP contribution in [0.25, 0.3) is 0 Å². The summed E-state index contributed by atoms with van der Waals surface area (Å²) >= 11 is 12.2. The van der Waals surface area contributed by atoms with Gasteiger partial charge in [0, 0.05) is 5.56 Å². The Kier molecular flexibility index (Phi) is 13.5. The molecule has 2 nitrogen and oxygen atoms in total. The third-order valence-corrected chi connectivity index (χ3v) is 6.23. The molecule has 4 heteroatoms. The molecule has 0 spiro atoms. The lowest BCUT2D eigenvalue weighted by Crippen LogP contribution is -2.46. The second-order valence-electron chi connectivity index (χ2n) is 8.23. The molecule has 0 aromatic heterocycles. The van der Waals surface area contributed by atoms with Crippen molar-refractivity contribution in [2.75, 3.05) is 26.7 Å². The molecule has 1 rings (SSSR count). The molecular weight excluding hydrogens is 377 g/mol. The first-order valence-electron chi connectivity index (χ1n) is 10.9. The number of hydrogen-bond donors (Lipinski definition) is 1. The van der Waals surface area contributed by atoms with Crippen LogP contribution in [0.2, 0.25) is 10.0 Å². The number of aliphatic hydroxyl groups is 1. The van der Waals surface area contributed by atoms with Gasteiger partial charge in [-0.15, -0.1) is 0 Å². The molecule has 1 aromatic rings. The molecule has 0 aliphatic rings. The number of likely N-dealkylation sites (N-methyl/N-ethyl adjacent to an activating group) is 1. The lowest BCUT2D eigenvalue weighted by Gasteiger charge is -2.34. The van der Waals surface area contributed by atoms with E-state index >= 15 is 0 Å². The molecule has 0 fully saturated rings. The number of benzene rings is 1. The summed E-state index contributed by atoms with van der Waals surface area (Å²) < 4.78 is 0.853. The van der Waals surface area contributed by atoms with E-state index in [4.69, 9.17) is 23.2 Å². The van der Waals surface area contributed by atoms with Crippen molar-refractivity contribution >= 4 is 23.2 Å². The van der Waals surface area contributed by atoms with Gasteiger partial charge in [0.25, 0.3) is 0 Å². The molecule has 0 bridgehead atoms. The Morgan fingerprint density at radius 3 is 1.85 bits per heavy atom. The Balaban J connectivity index is 2.22. The van der Waals surface area contributed by atoms with E-state index in [-0.39, 0.29) is 6.61 Å². The van der Waals surface area contributed by atoms with E-state index in [0.717, 1.165) is 24.1 Å². The summed E-state index contributed by atoms with van der Waals surface area (Å²) in [6, 6.07) is 5.87. The van der Waals surface area contributed by atoms with Crippen molar-refractivity contribution in [3.05, 3.63) is 33.8 Å². The molecule has 0 radical (unpaired) electrons. The molecule has 1 unspecified atom stereocenters. The van der Waals surface area contributed by atoms with Gasteiger partial charge in [0.2, 0.25) is 0 Å². The van der Waals surface area contributed by atoms with Gasteiger partial charge in [0.1, 0.15) is 13.1 Å². The number of quaternary nitrogens is 1. The molecule has 0 heterocycles. The summed E-state index contributed by atoms with van der Waals surface area (Å²) in [5.41, 5.74) is 1.18. The first-order valence-corrected chi connectivity index (χ1v) is 11.6. The van der Waals surface area contributed by atoms with Crippen molar-refractivity contribution < 1.29 is 9.59 Å². The van der Waals surface area contributed by atoms with Crippen LogP contribution in [0, 0.1) is 0 Å². The Morgan fingerprint density at radius 2 is 1.33 bits per heavy atom. The zero-order valence-corrected chi connectivity index (χ0v) is 19.0. The SMILES string of the molecule is CCCCCCCCCCCCC[N+](C)(CCO)Cc1ccc(Cl)c(Cl)c1. The summed E-state index contributed by atoms with van der Waals surface area (Å²) in [6.45, 7) is 5.25. The molecule has 1 N–H and O–H groups in total. The quantitative estimate of drug-likeness (QED) is 0.222. The Morgan fingerprint density at radius 1 is 0.778 bits per heavy atom. The van der Waals surface area contributed by atoms with Crippen LogP contribution in [-0.4, -0.2) is 36.3 Å². The van der Waals surface area contributed by atoms with E-state index in [9.17, 15) is 5.11 Å². The predicted molar refractivity (Wildman–Crippen MR) is 120 cm³/mol. The topological polar surface area (TPSA) is 20.2 Å². The van der Waals surface area contributed by atoms with E-state index in [1.165, 1.54) is 76.2 Å². The smallest absolute Gasteiger partial charge is 0.104 e. The maximum Gasteiger partial charge on any atom is 0.104 e. The molecule has 27 heavy (non-hydrogen) atoms. The van der Waals surface area contributed by atoms with Gasteiger partial charge in [-0.05, 0) is 25.0 Å². The van der Waals surface area contributed by atoms with Crippen LogP contribution in [0.3, 0.4) is 0 Å². The van der Waals surface area contributed by atoms with Gasteiger partial charge in [-0.1, -0.05) is 94.0 Å². The van der Waals surface area contributed by atoms with Gasteiger partial charge >= 0.3 is 0 Å². The normalized spacial score (nSPS) is 13.7. The first-order chi connectivity index (χ1) is 13.0. The second-order valence-corrected chi connectivity index (χ2v) is 9.05. The standard InChI is InChI=1S/C23H40Cl2NO/c1-3-4-5-6-7-8-9-10-11-12-13-16-26(2,17-18-27)20-21-14-15-22(24)23(25)19-21/h14-15,19,27H,3-13,16-18,20H2,1-2H3/q+1. The van der Waals surface area contributed by atoms with Gasteiger partial charge in [-0.25, -0.2) is 0 Å². The Labute approximate surface area is 177 Å².